The van der Waals surface area contributed by atoms with Crippen molar-refractivity contribution >= 4 is 69.4 Å². The van der Waals surface area contributed by atoms with Crippen LogP contribution in [-0.4, -0.2) is 55.1 Å². The van der Waals surface area contributed by atoms with Gasteiger partial charge in [0.05, 0.1) is 0 Å². The molecule has 0 N–H and O–H groups in total. The second-order valence-electron chi connectivity index (χ2n) is 15.6. The molecule has 0 spiro atoms. The normalized spacial score (nSPS) is 12.6. The first-order valence-corrected chi connectivity index (χ1v) is 43.0. The van der Waals surface area contributed by atoms with Gasteiger partial charge in [0.25, 0.3) is 0 Å². The van der Waals surface area contributed by atoms with E-state index in [-0.39, 0.29) is 0 Å². The molecule has 0 atom stereocenters. The van der Waals surface area contributed by atoms with Crippen LogP contribution in [0.4, 0.5) is 0 Å². The zero-order chi connectivity index (χ0) is 34.4. The predicted molar refractivity (Wildman–Crippen MR) is 226 cm³/mol. The van der Waals surface area contributed by atoms with Crippen molar-refractivity contribution in [3.05, 3.63) is 48.5 Å². The van der Waals surface area contributed by atoms with E-state index in [2.05, 4.69) is 104 Å². The van der Waals surface area contributed by atoms with Gasteiger partial charge in [0.2, 0.25) is 0 Å². The van der Waals surface area contributed by atoms with Crippen LogP contribution in [0.3, 0.4) is 0 Å². The van der Waals surface area contributed by atoms with E-state index in [0.717, 1.165) is 0 Å². The third kappa shape index (κ3) is 13.1. The summed E-state index contributed by atoms with van der Waals surface area (Å²) in [6, 6.07) is 22.1. The Morgan fingerprint density at radius 1 is 0.277 bits per heavy atom. The Balaban J connectivity index is 2.68. The van der Waals surface area contributed by atoms with Gasteiger partial charge in [0.1, 0.15) is 0 Å². The van der Waals surface area contributed by atoms with Crippen LogP contribution in [0.15, 0.2) is 48.5 Å². The van der Waals surface area contributed by atoms with Gasteiger partial charge in [0.15, 0.2) is 0 Å². The summed E-state index contributed by atoms with van der Waals surface area (Å²) in [7, 11) is 0. The molecule has 0 amide bonds. The molecule has 2 aromatic rings. The molecule has 0 saturated heterocycles. The molecule has 0 aliphatic carbocycles. The zero-order valence-electron chi connectivity index (χ0n) is 33.1. The fourth-order valence-corrected chi connectivity index (χ4v) is 55.7. The second kappa shape index (κ2) is 24.9. The monoisotopic (exact) mass is 968 g/mol. The number of hydrogen-bond donors (Lipinski definition) is 0. The maximum atomic E-state index is 2.76. The van der Waals surface area contributed by atoms with Gasteiger partial charge in [-0.05, 0) is 0 Å². The summed E-state index contributed by atoms with van der Waals surface area (Å²) in [6.45, 7) is 19.4. The topological polar surface area (TPSA) is 0 Å². The van der Waals surface area contributed by atoms with Gasteiger partial charge in [0, 0.05) is 0 Å². The first kappa shape index (κ1) is 44.0. The molecule has 268 valence electrons. The third-order valence-corrected chi connectivity index (χ3v) is 58.5. The van der Waals surface area contributed by atoms with E-state index in [1.807, 2.05) is 14.3 Å². The van der Waals surface area contributed by atoms with Crippen LogP contribution < -0.4 is 14.3 Å². The molecule has 47 heavy (non-hydrogen) atoms. The van der Waals surface area contributed by atoms with E-state index < -0.39 is 55.1 Å². The molecular formula is C44H80Sn3. The second-order valence-corrected chi connectivity index (χ2v) is 54.4. The first-order chi connectivity index (χ1) is 22.9. The third-order valence-electron chi connectivity index (χ3n) is 12.1. The van der Waals surface area contributed by atoms with Gasteiger partial charge >= 0.3 is 312 Å². The number of hydrogen-bond acceptors (Lipinski definition) is 0. The van der Waals surface area contributed by atoms with Gasteiger partial charge in [-0.15, -0.1) is 0 Å². The van der Waals surface area contributed by atoms with Crippen LogP contribution in [-0.2, 0) is 0 Å². The molecule has 0 aromatic heterocycles. The Bertz CT molecular complexity index is 912. The van der Waals surface area contributed by atoms with Crippen LogP contribution in [0.1, 0.15) is 158 Å². The van der Waals surface area contributed by atoms with Crippen molar-refractivity contribution < 1.29 is 0 Å². The SMILES string of the molecule is CCC[CH2][Sn]([CH2]CCC)([CH2]CCC)[c]1cc[c]([Sn]([CH2]CCC)([CH2]CCC)[c]2cc[c]([Sn]([CH2]CCC)([CH2]CCC)[CH2]CCC)cc2)cc1. The van der Waals surface area contributed by atoms with Crippen molar-refractivity contribution in [1.82, 2.24) is 0 Å². The Labute approximate surface area is 308 Å². The standard InChI is InChI=1S/2C6H4.8C4H9.3Sn/c2*1-2-4-6-5-3-1;8*1-3-4-2;;;/h2*1-2,5-6H;8*1,3-4H2,2H3;;;. The van der Waals surface area contributed by atoms with Crippen molar-refractivity contribution in [2.24, 2.45) is 0 Å². The van der Waals surface area contributed by atoms with Crippen molar-refractivity contribution in [2.45, 2.75) is 194 Å². The van der Waals surface area contributed by atoms with Gasteiger partial charge in [-0.2, -0.15) is 0 Å². The van der Waals surface area contributed by atoms with Crippen molar-refractivity contribution in [2.75, 3.05) is 0 Å². The summed E-state index contributed by atoms with van der Waals surface area (Å²) in [5.74, 6) is 0. The Hall–Kier alpha value is 0.836. The molecule has 0 saturated carbocycles. The first-order valence-electron chi connectivity index (χ1n) is 21.1. The molecule has 0 fully saturated rings. The van der Waals surface area contributed by atoms with Gasteiger partial charge in [-0.3, -0.25) is 0 Å². The van der Waals surface area contributed by atoms with Crippen LogP contribution in [0.2, 0.25) is 35.5 Å². The van der Waals surface area contributed by atoms with Crippen LogP contribution in [0.25, 0.3) is 0 Å². The minimum atomic E-state index is -2.89. The molecule has 2 aromatic carbocycles. The summed E-state index contributed by atoms with van der Waals surface area (Å²) >= 11 is -7.74. The molecule has 0 aliphatic heterocycles. The molecule has 3 heteroatoms. The van der Waals surface area contributed by atoms with Crippen molar-refractivity contribution in [1.29, 1.82) is 0 Å². The summed E-state index contributed by atoms with van der Waals surface area (Å²) in [5.41, 5.74) is 0. The fraction of sp³-hybridized carbons (Fsp3) is 0.727. The van der Waals surface area contributed by atoms with Crippen LogP contribution >= 0.6 is 0 Å². The molecule has 0 radical (unpaired) electrons. The summed E-state index contributed by atoms with van der Waals surface area (Å²) in [6.07, 6.45) is 22.4. The average molecular weight is 965 g/mol. The van der Waals surface area contributed by atoms with Gasteiger partial charge in [-0.25, -0.2) is 0 Å². The Morgan fingerprint density at radius 3 is 0.681 bits per heavy atom. The molecule has 2 rings (SSSR count). The minimum absolute atomic E-state index is 1.33. The van der Waals surface area contributed by atoms with E-state index in [1.54, 1.807) is 26.6 Å². The van der Waals surface area contributed by atoms with E-state index in [4.69, 9.17) is 0 Å². The molecule has 0 unspecified atom stereocenters. The van der Waals surface area contributed by atoms with E-state index >= 15 is 0 Å². The maximum absolute atomic E-state index is 2.89. The van der Waals surface area contributed by atoms with Gasteiger partial charge < -0.3 is 0 Å². The molecule has 0 nitrogen and oxygen atoms in total. The van der Waals surface area contributed by atoms with Crippen molar-refractivity contribution in [3.63, 3.8) is 0 Å². The van der Waals surface area contributed by atoms with Crippen LogP contribution in [0.5, 0.6) is 0 Å². The van der Waals surface area contributed by atoms with Crippen LogP contribution in [0, 0.1) is 0 Å². The average Bonchev–Trinajstić information content (AvgIpc) is 3.12. The Kier molecular flexibility index (Phi) is 23.3. The number of rotatable bonds is 28. The predicted octanol–water partition coefficient (Wildman–Crippen LogP) is 13.0. The summed E-state index contributed by atoms with van der Waals surface area (Å²) < 4.78 is 19.9. The Morgan fingerprint density at radius 2 is 0.468 bits per heavy atom. The zero-order valence-corrected chi connectivity index (χ0v) is 41.7. The van der Waals surface area contributed by atoms with E-state index in [1.165, 1.54) is 112 Å². The quantitative estimate of drug-likeness (QED) is 0.0746. The van der Waals surface area contributed by atoms with E-state index in [9.17, 15) is 0 Å². The summed E-state index contributed by atoms with van der Waals surface area (Å²) in [4.78, 5) is 0. The molecule has 0 aliphatic rings. The number of benzene rings is 2. The molecular weight excluding hydrogens is 885 g/mol. The molecule has 0 bridgehead atoms. The summed E-state index contributed by atoms with van der Waals surface area (Å²) in [5, 5.41) is 0. The molecule has 0 heterocycles. The van der Waals surface area contributed by atoms with Crippen molar-refractivity contribution in [3.8, 4) is 0 Å². The van der Waals surface area contributed by atoms with E-state index in [0.29, 0.717) is 0 Å². The van der Waals surface area contributed by atoms with Gasteiger partial charge in [-0.1, -0.05) is 0 Å². The number of unbranched alkanes of at least 4 members (excludes halogenated alkanes) is 8. The fourth-order valence-electron chi connectivity index (χ4n) is 8.82.